The van der Waals surface area contributed by atoms with Crippen molar-refractivity contribution in [2.24, 2.45) is 0 Å². The van der Waals surface area contributed by atoms with Crippen LogP contribution in [0.15, 0.2) is 77.4 Å². The molecule has 166 valence electrons. The van der Waals surface area contributed by atoms with Crippen molar-refractivity contribution in [3.8, 4) is 11.3 Å². The number of aromatic nitrogens is 3. The van der Waals surface area contributed by atoms with Gasteiger partial charge in [0.1, 0.15) is 11.4 Å². The fourth-order valence-electron chi connectivity index (χ4n) is 4.62. The number of ether oxygens (including phenoxy) is 1. The van der Waals surface area contributed by atoms with Crippen LogP contribution < -0.4 is 0 Å². The van der Waals surface area contributed by atoms with E-state index in [2.05, 4.69) is 15.5 Å². The van der Waals surface area contributed by atoms with Gasteiger partial charge in [0.2, 0.25) is 11.6 Å². The van der Waals surface area contributed by atoms with Gasteiger partial charge in [-0.1, -0.05) is 42.5 Å². The van der Waals surface area contributed by atoms with Gasteiger partial charge in [-0.2, -0.15) is 0 Å². The van der Waals surface area contributed by atoms with Gasteiger partial charge < -0.3 is 13.7 Å². The zero-order valence-corrected chi connectivity index (χ0v) is 18.2. The quantitative estimate of drug-likeness (QED) is 0.372. The highest BCUT2D eigenvalue weighted by Crippen LogP contribution is 2.31. The molecule has 1 saturated heterocycles. The Kier molecular flexibility index (Phi) is 5.05. The first-order valence-corrected chi connectivity index (χ1v) is 11.2. The maximum absolute atomic E-state index is 13.6. The lowest BCUT2D eigenvalue weighted by Gasteiger charge is -2.26. The highest BCUT2D eigenvalue weighted by atomic mass is 16.5. The van der Waals surface area contributed by atoms with Crippen LogP contribution in [0.2, 0.25) is 0 Å². The topological polar surface area (TPSA) is 64.9 Å². The van der Waals surface area contributed by atoms with Crippen LogP contribution in [0.25, 0.3) is 28.1 Å². The number of carbonyl (C=O) groups is 1. The van der Waals surface area contributed by atoms with E-state index in [0.717, 1.165) is 61.8 Å². The first kappa shape index (κ1) is 20.0. The van der Waals surface area contributed by atoms with Gasteiger partial charge in [-0.25, -0.2) is 4.98 Å². The number of rotatable bonds is 6. The van der Waals surface area contributed by atoms with E-state index in [4.69, 9.17) is 14.1 Å². The largest absolute Gasteiger partial charge is 0.461 e. The lowest BCUT2D eigenvalue weighted by Crippen LogP contribution is -2.38. The number of furan rings is 1. The SMILES string of the molecule is O=C(c1ccco1)c1c(-c2ccccc2)nc2n(CCN3CCOCC3)c3ccccc3n12. The Morgan fingerprint density at radius 1 is 0.879 bits per heavy atom. The lowest BCUT2D eigenvalue weighted by molar-refractivity contribution is 0.0366. The number of carbonyl (C=O) groups excluding carboxylic acids is 1. The van der Waals surface area contributed by atoms with Crippen molar-refractivity contribution >= 4 is 22.6 Å². The normalized spacial score (nSPS) is 14.9. The second-order valence-electron chi connectivity index (χ2n) is 8.21. The minimum absolute atomic E-state index is 0.178. The molecule has 1 aliphatic heterocycles. The predicted molar refractivity (Wildman–Crippen MR) is 126 cm³/mol. The van der Waals surface area contributed by atoms with Crippen LogP contribution in [0.4, 0.5) is 0 Å². The number of hydrogen-bond acceptors (Lipinski definition) is 5. The number of para-hydroxylation sites is 2. The van der Waals surface area contributed by atoms with Crippen LogP contribution in [-0.4, -0.2) is 57.5 Å². The number of imidazole rings is 2. The van der Waals surface area contributed by atoms with Crippen LogP contribution in [0.5, 0.6) is 0 Å². The van der Waals surface area contributed by atoms with E-state index < -0.39 is 0 Å². The Balaban J connectivity index is 1.56. The summed E-state index contributed by atoms with van der Waals surface area (Å²) in [6.07, 6.45) is 1.53. The third-order valence-electron chi connectivity index (χ3n) is 6.27. The summed E-state index contributed by atoms with van der Waals surface area (Å²) in [7, 11) is 0. The average molecular weight is 441 g/mol. The monoisotopic (exact) mass is 440 g/mol. The standard InChI is InChI=1S/C26H24N4O3/c31-25(22-11-6-16-33-22)24-23(19-7-2-1-3-8-19)27-26-29(13-12-28-14-17-32-18-15-28)20-9-4-5-10-21(20)30(24)26/h1-11,16H,12-15,17-18H2. The number of hydrogen-bond donors (Lipinski definition) is 0. The molecular formula is C26H24N4O3. The molecule has 5 aromatic rings. The molecule has 0 bridgehead atoms. The number of benzene rings is 2. The molecule has 0 unspecified atom stereocenters. The van der Waals surface area contributed by atoms with Crippen LogP contribution in [-0.2, 0) is 11.3 Å². The second-order valence-corrected chi connectivity index (χ2v) is 8.21. The predicted octanol–water partition coefficient (Wildman–Crippen LogP) is 4.11. The summed E-state index contributed by atoms with van der Waals surface area (Å²) in [4.78, 5) is 21.1. The molecule has 0 aliphatic carbocycles. The number of nitrogens with zero attached hydrogens (tertiary/aromatic N) is 4. The van der Waals surface area contributed by atoms with Gasteiger partial charge in [-0.05, 0) is 24.3 Å². The van der Waals surface area contributed by atoms with E-state index in [0.29, 0.717) is 17.1 Å². The van der Waals surface area contributed by atoms with Gasteiger partial charge in [-0.15, -0.1) is 0 Å². The van der Waals surface area contributed by atoms with Crippen molar-refractivity contribution in [3.05, 3.63) is 84.4 Å². The van der Waals surface area contributed by atoms with Gasteiger partial charge in [0.25, 0.3) is 0 Å². The molecule has 1 fully saturated rings. The van der Waals surface area contributed by atoms with E-state index in [1.165, 1.54) is 6.26 Å². The number of ketones is 1. The van der Waals surface area contributed by atoms with Gasteiger partial charge >= 0.3 is 0 Å². The molecule has 7 heteroatoms. The smallest absolute Gasteiger partial charge is 0.247 e. The molecule has 6 rings (SSSR count). The second kappa shape index (κ2) is 8.35. The van der Waals surface area contributed by atoms with E-state index in [9.17, 15) is 4.79 Å². The summed E-state index contributed by atoms with van der Waals surface area (Å²) < 4.78 is 15.2. The lowest BCUT2D eigenvalue weighted by atomic mass is 10.1. The van der Waals surface area contributed by atoms with E-state index in [1.807, 2.05) is 52.9 Å². The van der Waals surface area contributed by atoms with Gasteiger partial charge in [-0.3, -0.25) is 14.1 Å². The molecule has 7 nitrogen and oxygen atoms in total. The van der Waals surface area contributed by atoms with Crippen molar-refractivity contribution in [3.63, 3.8) is 0 Å². The van der Waals surface area contributed by atoms with E-state index in [-0.39, 0.29) is 5.78 Å². The molecule has 0 N–H and O–H groups in total. The minimum atomic E-state index is -0.178. The van der Waals surface area contributed by atoms with E-state index in [1.54, 1.807) is 12.1 Å². The van der Waals surface area contributed by atoms with Crippen LogP contribution in [0.1, 0.15) is 16.2 Å². The zero-order chi connectivity index (χ0) is 22.2. The van der Waals surface area contributed by atoms with Gasteiger partial charge in [0.05, 0.1) is 30.5 Å². The van der Waals surface area contributed by atoms with Crippen molar-refractivity contribution < 1.29 is 13.9 Å². The number of morpholine rings is 1. The Morgan fingerprint density at radius 2 is 1.64 bits per heavy atom. The molecule has 0 saturated carbocycles. The van der Waals surface area contributed by atoms with Crippen LogP contribution in [0.3, 0.4) is 0 Å². The molecule has 1 aliphatic rings. The van der Waals surface area contributed by atoms with Crippen LogP contribution >= 0.6 is 0 Å². The molecule has 4 heterocycles. The third kappa shape index (κ3) is 3.46. The molecule has 0 radical (unpaired) electrons. The summed E-state index contributed by atoms with van der Waals surface area (Å²) in [5, 5.41) is 0. The molecule has 2 aromatic carbocycles. The first-order valence-electron chi connectivity index (χ1n) is 11.2. The molecule has 33 heavy (non-hydrogen) atoms. The molecule has 0 atom stereocenters. The fraction of sp³-hybridized carbons (Fsp3) is 0.231. The maximum Gasteiger partial charge on any atom is 0.247 e. The maximum atomic E-state index is 13.6. The fourth-order valence-corrected chi connectivity index (χ4v) is 4.62. The molecule has 3 aromatic heterocycles. The average Bonchev–Trinajstić information content (AvgIpc) is 3.60. The summed E-state index contributed by atoms with van der Waals surface area (Å²) in [6, 6.07) is 21.5. The summed E-state index contributed by atoms with van der Waals surface area (Å²) in [5.74, 6) is 0.889. The van der Waals surface area contributed by atoms with E-state index >= 15 is 0 Å². The number of fused-ring (bicyclic) bond motifs is 3. The Morgan fingerprint density at radius 3 is 2.39 bits per heavy atom. The Hall–Kier alpha value is -3.68. The summed E-state index contributed by atoms with van der Waals surface area (Å²) >= 11 is 0. The van der Waals surface area contributed by atoms with Crippen molar-refractivity contribution in [1.82, 2.24) is 18.9 Å². The third-order valence-corrected chi connectivity index (χ3v) is 6.27. The Labute approximate surface area is 190 Å². The summed E-state index contributed by atoms with van der Waals surface area (Å²) in [6.45, 7) is 5.07. The van der Waals surface area contributed by atoms with Crippen LogP contribution in [0, 0.1) is 0 Å². The van der Waals surface area contributed by atoms with Gasteiger partial charge in [0.15, 0.2) is 5.76 Å². The van der Waals surface area contributed by atoms with Gasteiger partial charge in [0, 0.05) is 31.7 Å². The van der Waals surface area contributed by atoms with Crippen molar-refractivity contribution in [2.45, 2.75) is 6.54 Å². The minimum Gasteiger partial charge on any atom is -0.461 e. The highest BCUT2D eigenvalue weighted by molar-refractivity contribution is 6.11. The summed E-state index contributed by atoms with van der Waals surface area (Å²) in [5.41, 5.74) is 4.10. The highest BCUT2D eigenvalue weighted by Gasteiger charge is 2.27. The van der Waals surface area contributed by atoms with Crippen molar-refractivity contribution in [1.29, 1.82) is 0 Å². The van der Waals surface area contributed by atoms with Crippen molar-refractivity contribution in [2.75, 3.05) is 32.8 Å². The first-order chi connectivity index (χ1) is 16.3. The molecule has 0 spiro atoms. The Bertz CT molecular complexity index is 1410. The molecule has 0 amide bonds. The molecular weight excluding hydrogens is 416 g/mol. The zero-order valence-electron chi connectivity index (χ0n) is 18.2.